The molecule has 0 N–H and O–H groups in total. The standard InChI is InChI=1S/C23H24N4/c1-4-5-11-27-17(3)16(2)21-13-20(14-24)25-23(22(21)27)26-12-10-18-8-6-7-9-19(18)15-26/h4,6-9,13H,1,5,10-12,15H2,2-3H3. The number of aryl methyl sites for hydroxylation is 2. The normalized spacial score (nSPS) is 13.4. The summed E-state index contributed by atoms with van der Waals surface area (Å²) < 4.78 is 2.34. The van der Waals surface area contributed by atoms with Gasteiger partial charge in [-0.05, 0) is 49.4 Å². The highest BCUT2D eigenvalue weighted by molar-refractivity contribution is 5.94. The second-order valence-corrected chi connectivity index (χ2v) is 7.22. The second-order valence-electron chi connectivity index (χ2n) is 7.22. The van der Waals surface area contributed by atoms with E-state index < -0.39 is 0 Å². The van der Waals surface area contributed by atoms with E-state index in [1.807, 2.05) is 12.1 Å². The number of pyridine rings is 1. The van der Waals surface area contributed by atoms with Crippen LogP contribution in [0.25, 0.3) is 10.9 Å². The average molecular weight is 356 g/mol. The number of allylic oxidation sites excluding steroid dienone is 1. The van der Waals surface area contributed by atoms with Crippen LogP contribution < -0.4 is 4.90 Å². The highest BCUT2D eigenvalue weighted by Crippen LogP contribution is 2.35. The fourth-order valence-corrected chi connectivity index (χ4v) is 4.10. The van der Waals surface area contributed by atoms with Gasteiger partial charge in [-0.1, -0.05) is 30.3 Å². The monoisotopic (exact) mass is 356 g/mol. The number of anilines is 1. The third-order valence-electron chi connectivity index (χ3n) is 5.70. The van der Waals surface area contributed by atoms with E-state index in [-0.39, 0.29) is 0 Å². The van der Waals surface area contributed by atoms with Gasteiger partial charge in [0.2, 0.25) is 0 Å². The summed E-state index contributed by atoms with van der Waals surface area (Å²) in [6, 6.07) is 12.8. The van der Waals surface area contributed by atoms with E-state index in [0.717, 1.165) is 49.2 Å². The zero-order valence-corrected chi connectivity index (χ0v) is 16.0. The summed E-state index contributed by atoms with van der Waals surface area (Å²) in [6.45, 7) is 10.8. The van der Waals surface area contributed by atoms with Crippen LogP contribution in [0.2, 0.25) is 0 Å². The molecule has 0 amide bonds. The highest BCUT2D eigenvalue weighted by atomic mass is 15.2. The Hall–Kier alpha value is -3.06. The molecule has 1 aliphatic heterocycles. The van der Waals surface area contributed by atoms with Gasteiger partial charge in [0.1, 0.15) is 11.8 Å². The predicted molar refractivity (Wildman–Crippen MR) is 110 cm³/mol. The lowest BCUT2D eigenvalue weighted by Crippen LogP contribution is -2.31. The molecule has 1 aromatic carbocycles. The maximum atomic E-state index is 9.53. The summed E-state index contributed by atoms with van der Waals surface area (Å²) >= 11 is 0. The van der Waals surface area contributed by atoms with Crippen LogP contribution in [-0.4, -0.2) is 16.1 Å². The van der Waals surface area contributed by atoms with Gasteiger partial charge >= 0.3 is 0 Å². The lowest BCUT2D eigenvalue weighted by atomic mass is 10.00. The van der Waals surface area contributed by atoms with E-state index in [9.17, 15) is 5.26 Å². The van der Waals surface area contributed by atoms with Crippen LogP contribution in [0.5, 0.6) is 0 Å². The Bertz CT molecular complexity index is 1070. The summed E-state index contributed by atoms with van der Waals surface area (Å²) in [7, 11) is 0. The van der Waals surface area contributed by atoms with Crippen molar-refractivity contribution in [2.75, 3.05) is 11.4 Å². The van der Waals surface area contributed by atoms with Crippen molar-refractivity contribution in [3.05, 3.63) is 71.1 Å². The number of benzene rings is 1. The molecule has 4 nitrogen and oxygen atoms in total. The number of aromatic nitrogens is 2. The Balaban J connectivity index is 1.90. The van der Waals surface area contributed by atoms with Gasteiger partial charge in [0, 0.05) is 30.7 Å². The third kappa shape index (κ3) is 2.90. The molecule has 1 aliphatic rings. The first-order valence-electron chi connectivity index (χ1n) is 9.47. The van der Waals surface area contributed by atoms with Crippen molar-refractivity contribution in [3.8, 4) is 6.07 Å². The van der Waals surface area contributed by atoms with Crippen LogP contribution in [0, 0.1) is 25.2 Å². The van der Waals surface area contributed by atoms with Gasteiger partial charge in [-0.2, -0.15) is 5.26 Å². The molecule has 3 aromatic rings. The molecule has 0 saturated heterocycles. The Morgan fingerprint density at radius 1 is 1.26 bits per heavy atom. The van der Waals surface area contributed by atoms with Crippen molar-refractivity contribution in [2.24, 2.45) is 0 Å². The van der Waals surface area contributed by atoms with Crippen molar-refractivity contribution < 1.29 is 0 Å². The molecular formula is C23H24N4. The topological polar surface area (TPSA) is 44.9 Å². The molecule has 0 unspecified atom stereocenters. The van der Waals surface area contributed by atoms with E-state index in [2.05, 4.69) is 60.2 Å². The first-order valence-corrected chi connectivity index (χ1v) is 9.47. The second kappa shape index (κ2) is 6.92. The zero-order chi connectivity index (χ0) is 19.0. The molecule has 0 radical (unpaired) electrons. The first-order chi connectivity index (χ1) is 13.1. The van der Waals surface area contributed by atoms with Gasteiger partial charge in [-0.15, -0.1) is 6.58 Å². The van der Waals surface area contributed by atoms with Gasteiger partial charge in [0.15, 0.2) is 5.82 Å². The minimum absolute atomic E-state index is 0.486. The fraction of sp³-hybridized carbons (Fsp3) is 0.304. The summed E-state index contributed by atoms with van der Waals surface area (Å²) in [5.74, 6) is 0.929. The van der Waals surface area contributed by atoms with Crippen LogP contribution in [0.3, 0.4) is 0 Å². The molecule has 0 spiro atoms. The molecule has 136 valence electrons. The number of nitrogens with zero attached hydrogens (tertiary/aromatic N) is 4. The molecule has 0 bridgehead atoms. The summed E-state index contributed by atoms with van der Waals surface area (Å²) in [5.41, 5.74) is 6.86. The molecule has 4 heteroatoms. The van der Waals surface area contributed by atoms with Gasteiger partial charge in [-0.3, -0.25) is 0 Å². The van der Waals surface area contributed by atoms with E-state index in [4.69, 9.17) is 4.98 Å². The van der Waals surface area contributed by atoms with Gasteiger partial charge in [0.05, 0.1) is 5.52 Å². The minimum Gasteiger partial charge on any atom is -0.350 e. The minimum atomic E-state index is 0.486. The number of fused-ring (bicyclic) bond motifs is 2. The SMILES string of the molecule is C=CCCn1c(C)c(C)c2cc(C#N)nc(N3CCc4ccccc4C3)c21. The smallest absolute Gasteiger partial charge is 0.155 e. The van der Waals surface area contributed by atoms with Gasteiger partial charge in [-0.25, -0.2) is 4.98 Å². The van der Waals surface area contributed by atoms with Crippen molar-refractivity contribution >= 4 is 16.7 Å². The quantitative estimate of drug-likeness (QED) is 0.639. The maximum absolute atomic E-state index is 9.53. The Morgan fingerprint density at radius 2 is 2.04 bits per heavy atom. The lowest BCUT2D eigenvalue weighted by Gasteiger charge is -2.30. The molecule has 0 atom stereocenters. The lowest BCUT2D eigenvalue weighted by molar-refractivity contribution is 0.697. The Labute approximate surface area is 160 Å². The van der Waals surface area contributed by atoms with Crippen molar-refractivity contribution in [1.29, 1.82) is 5.26 Å². The van der Waals surface area contributed by atoms with Crippen LogP contribution in [0.15, 0.2) is 43.0 Å². The Kier molecular flexibility index (Phi) is 4.45. The molecule has 4 rings (SSSR count). The maximum Gasteiger partial charge on any atom is 0.155 e. The predicted octanol–water partition coefficient (Wildman–Crippen LogP) is 4.66. The van der Waals surface area contributed by atoms with Crippen LogP contribution in [0.1, 0.15) is 34.5 Å². The third-order valence-corrected chi connectivity index (χ3v) is 5.70. The van der Waals surface area contributed by atoms with Crippen LogP contribution in [-0.2, 0) is 19.5 Å². The zero-order valence-electron chi connectivity index (χ0n) is 16.0. The van der Waals surface area contributed by atoms with E-state index in [0.29, 0.717) is 5.69 Å². The number of nitriles is 1. The molecular weight excluding hydrogens is 332 g/mol. The van der Waals surface area contributed by atoms with Crippen LogP contribution in [0.4, 0.5) is 5.82 Å². The molecule has 27 heavy (non-hydrogen) atoms. The van der Waals surface area contributed by atoms with E-state index in [1.54, 1.807) is 0 Å². The number of rotatable bonds is 4. The van der Waals surface area contributed by atoms with Crippen molar-refractivity contribution in [3.63, 3.8) is 0 Å². The molecule has 2 aromatic heterocycles. The highest BCUT2D eigenvalue weighted by Gasteiger charge is 2.23. The van der Waals surface area contributed by atoms with Gasteiger partial charge < -0.3 is 9.47 Å². The average Bonchev–Trinajstić information content (AvgIpc) is 2.95. The molecule has 3 heterocycles. The van der Waals surface area contributed by atoms with Crippen molar-refractivity contribution in [1.82, 2.24) is 9.55 Å². The molecule has 0 aliphatic carbocycles. The van der Waals surface area contributed by atoms with Crippen molar-refractivity contribution in [2.45, 2.75) is 39.8 Å². The molecule has 0 saturated carbocycles. The summed E-state index contributed by atoms with van der Waals surface area (Å²) in [5, 5.41) is 10.7. The summed E-state index contributed by atoms with van der Waals surface area (Å²) in [6.07, 6.45) is 3.86. The van der Waals surface area contributed by atoms with E-state index >= 15 is 0 Å². The largest absolute Gasteiger partial charge is 0.350 e. The number of hydrogen-bond acceptors (Lipinski definition) is 3. The molecule has 0 fully saturated rings. The summed E-state index contributed by atoms with van der Waals surface area (Å²) in [4.78, 5) is 7.09. The fourth-order valence-electron chi connectivity index (χ4n) is 4.10. The number of hydrogen-bond donors (Lipinski definition) is 0. The van der Waals surface area contributed by atoms with Gasteiger partial charge in [0.25, 0.3) is 0 Å². The van der Waals surface area contributed by atoms with Crippen LogP contribution >= 0.6 is 0 Å². The first kappa shape index (κ1) is 17.4. The Morgan fingerprint density at radius 3 is 2.78 bits per heavy atom. The van der Waals surface area contributed by atoms with E-state index in [1.165, 1.54) is 22.4 Å².